The Morgan fingerprint density at radius 3 is 2.65 bits per heavy atom. The molecule has 0 atom stereocenters. The van der Waals surface area contributed by atoms with Crippen molar-refractivity contribution in [1.29, 1.82) is 0 Å². The van der Waals surface area contributed by atoms with Gasteiger partial charge in [-0.3, -0.25) is 0 Å². The van der Waals surface area contributed by atoms with Crippen molar-refractivity contribution in [2.45, 2.75) is 25.4 Å². The highest BCUT2D eigenvalue weighted by Gasteiger charge is 2.42. The highest BCUT2D eigenvalue weighted by molar-refractivity contribution is 5.45. The Morgan fingerprint density at radius 2 is 2.10 bits per heavy atom. The normalized spacial score (nSPS) is 17.0. The van der Waals surface area contributed by atoms with Crippen molar-refractivity contribution in [3.63, 3.8) is 0 Å². The number of ether oxygens (including phenoxy) is 1. The van der Waals surface area contributed by atoms with Gasteiger partial charge in [0.1, 0.15) is 11.6 Å². The van der Waals surface area contributed by atoms with E-state index < -0.39 is 12.0 Å². The van der Waals surface area contributed by atoms with Gasteiger partial charge in [-0.25, -0.2) is 9.97 Å². The van der Waals surface area contributed by atoms with Crippen LogP contribution in [0.3, 0.4) is 0 Å². The number of nitrogens with two attached hydrogens (primary N) is 1. The number of anilines is 2. The van der Waals surface area contributed by atoms with E-state index in [0.29, 0.717) is 13.2 Å². The second kappa shape index (κ2) is 5.43. The van der Waals surface area contributed by atoms with Crippen LogP contribution in [0.15, 0.2) is 6.07 Å². The number of nitrogen functional groups attached to an aromatic ring is 1. The van der Waals surface area contributed by atoms with E-state index in [4.69, 9.17) is 10.5 Å². The summed E-state index contributed by atoms with van der Waals surface area (Å²) < 4.78 is 42.8. The fourth-order valence-electron chi connectivity index (χ4n) is 1.97. The number of rotatable bonds is 6. The summed E-state index contributed by atoms with van der Waals surface area (Å²) in [4.78, 5) is 6.65. The summed E-state index contributed by atoms with van der Waals surface area (Å²) in [6.07, 6.45) is -1.64. The molecule has 1 heterocycles. The predicted molar refractivity (Wildman–Crippen MR) is 68.1 cm³/mol. The average molecular weight is 290 g/mol. The molecule has 1 aromatic heterocycles. The van der Waals surface area contributed by atoms with E-state index in [0.717, 1.165) is 19.3 Å². The van der Waals surface area contributed by atoms with Gasteiger partial charge in [-0.15, -0.1) is 0 Å². The van der Waals surface area contributed by atoms with Crippen molar-refractivity contribution in [2.24, 2.45) is 5.41 Å². The maximum Gasteiger partial charge on any atom is 0.451 e. The van der Waals surface area contributed by atoms with E-state index in [9.17, 15) is 13.2 Å². The van der Waals surface area contributed by atoms with Crippen LogP contribution in [0.4, 0.5) is 24.8 Å². The molecule has 1 aromatic rings. The standard InChI is InChI=1S/C12H17F3N4O/c1-20-5-4-11(2-3-11)7-17-9-6-8(16)18-10(19-9)12(13,14)15/h6H,2-5,7H2,1H3,(H3,16,17,18,19). The summed E-state index contributed by atoms with van der Waals surface area (Å²) in [6, 6.07) is 1.31. The van der Waals surface area contributed by atoms with Crippen LogP contribution < -0.4 is 11.1 Å². The van der Waals surface area contributed by atoms with Crippen LogP contribution in [0.5, 0.6) is 0 Å². The minimum absolute atomic E-state index is 0.105. The fourth-order valence-corrected chi connectivity index (χ4v) is 1.97. The first kappa shape index (κ1) is 14.8. The third kappa shape index (κ3) is 3.72. The number of halogens is 3. The van der Waals surface area contributed by atoms with Crippen LogP contribution in [-0.2, 0) is 10.9 Å². The molecule has 8 heteroatoms. The first-order valence-electron chi connectivity index (χ1n) is 6.29. The van der Waals surface area contributed by atoms with Gasteiger partial charge < -0.3 is 15.8 Å². The van der Waals surface area contributed by atoms with Gasteiger partial charge in [0.05, 0.1) is 0 Å². The Morgan fingerprint density at radius 1 is 1.40 bits per heavy atom. The lowest BCUT2D eigenvalue weighted by atomic mass is 10.0. The zero-order valence-corrected chi connectivity index (χ0v) is 11.1. The summed E-state index contributed by atoms with van der Waals surface area (Å²) in [6.45, 7) is 1.20. The van der Waals surface area contributed by atoms with Crippen molar-refractivity contribution in [3.05, 3.63) is 11.9 Å². The van der Waals surface area contributed by atoms with Gasteiger partial charge in [-0.1, -0.05) is 0 Å². The monoisotopic (exact) mass is 290 g/mol. The van der Waals surface area contributed by atoms with Gasteiger partial charge in [-0.05, 0) is 24.7 Å². The number of alkyl halides is 3. The lowest BCUT2D eigenvalue weighted by Crippen LogP contribution is -2.20. The SMILES string of the molecule is COCCC1(CNc2cc(N)nc(C(F)(F)F)n2)CC1. The zero-order chi connectivity index (χ0) is 14.8. The van der Waals surface area contributed by atoms with Crippen LogP contribution in [0.25, 0.3) is 0 Å². The largest absolute Gasteiger partial charge is 0.451 e. The third-order valence-electron chi connectivity index (χ3n) is 3.44. The molecule has 3 N–H and O–H groups in total. The number of hydrogen-bond acceptors (Lipinski definition) is 5. The zero-order valence-electron chi connectivity index (χ0n) is 11.1. The molecule has 0 aromatic carbocycles. The molecule has 0 amide bonds. The van der Waals surface area contributed by atoms with Crippen molar-refractivity contribution in [3.8, 4) is 0 Å². The number of nitrogens with one attached hydrogen (secondary N) is 1. The Kier molecular flexibility index (Phi) is 4.03. The third-order valence-corrected chi connectivity index (χ3v) is 3.44. The van der Waals surface area contributed by atoms with Crippen LogP contribution >= 0.6 is 0 Å². The fraction of sp³-hybridized carbons (Fsp3) is 0.667. The van der Waals surface area contributed by atoms with Crippen molar-refractivity contribution in [2.75, 3.05) is 31.3 Å². The molecule has 0 bridgehead atoms. The Balaban J connectivity index is 2.01. The van der Waals surface area contributed by atoms with E-state index >= 15 is 0 Å². The number of aromatic nitrogens is 2. The second-order valence-corrected chi connectivity index (χ2v) is 5.10. The summed E-state index contributed by atoms with van der Waals surface area (Å²) in [5, 5.41) is 2.92. The molecule has 0 saturated heterocycles. The molecule has 5 nitrogen and oxygen atoms in total. The summed E-state index contributed by atoms with van der Waals surface area (Å²) in [7, 11) is 1.63. The lowest BCUT2D eigenvalue weighted by Gasteiger charge is -2.16. The van der Waals surface area contributed by atoms with E-state index in [1.807, 2.05) is 0 Å². The van der Waals surface area contributed by atoms with Gasteiger partial charge in [0, 0.05) is 26.3 Å². The second-order valence-electron chi connectivity index (χ2n) is 5.10. The molecule has 20 heavy (non-hydrogen) atoms. The van der Waals surface area contributed by atoms with Crippen LogP contribution in [0.1, 0.15) is 25.1 Å². The quantitative estimate of drug-likeness (QED) is 0.841. The summed E-state index contributed by atoms with van der Waals surface area (Å²) >= 11 is 0. The molecule has 0 radical (unpaired) electrons. The van der Waals surface area contributed by atoms with E-state index in [2.05, 4.69) is 15.3 Å². The molecule has 1 aliphatic rings. The minimum Gasteiger partial charge on any atom is -0.385 e. The van der Waals surface area contributed by atoms with E-state index in [-0.39, 0.29) is 17.1 Å². The number of methoxy groups -OCH3 is 1. The molecule has 1 saturated carbocycles. The Labute approximate surface area is 114 Å². The maximum atomic E-state index is 12.6. The van der Waals surface area contributed by atoms with Gasteiger partial charge in [0.25, 0.3) is 0 Å². The highest BCUT2D eigenvalue weighted by atomic mass is 19.4. The van der Waals surface area contributed by atoms with E-state index in [1.54, 1.807) is 7.11 Å². The lowest BCUT2D eigenvalue weighted by molar-refractivity contribution is -0.144. The van der Waals surface area contributed by atoms with Crippen molar-refractivity contribution < 1.29 is 17.9 Å². The molecule has 2 rings (SSSR count). The first-order valence-corrected chi connectivity index (χ1v) is 6.29. The molecule has 0 spiro atoms. The van der Waals surface area contributed by atoms with Gasteiger partial charge in [0.15, 0.2) is 0 Å². The summed E-state index contributed by atoms with van der Waals surface area (Å²) in [5.41, 5.74) is 5.49. The van der Waals surface area contributed by atoms with Gasteiger partial charge in [0.2, 0.25) is 5.82 Å². The predicted octanol–water partition coefficient (Wildman–Crippen LogP) is 2.31. The van der Waals surface area contributed by atoms with Gasteiger partial charge in [-0.2, -0.15) is 13.2 Å². The molecule has 0 unspecified atom stereocenters. The maximum absolute atomic E-state index is 12.6. The van der Waals surface area contributed by atoms with Crippen molar-refractivity contribution in [1.82, 2.24) is 9.97 Å². The Hall–Kier alpha value is -1.57. The van der Waals surface area contributed by atoms with Crippen LogP contribution in [0.2, 0.25) is 0 Å². The summed E-state index contributed by atoms with van der Waals surface area (Å²) in [5.74, 6) is -1.31. The number of nitrogens with zero attached hydrogens (tertiary/aromatic N) is 2. The van der Waals surface area contributed by atoms with Crippen LogP contribution in [-0.4, -0.2) is 30.2 Å². The van der Waals surface area contributed by atoms with E-state index in [1.165, 1.54) is 6.07 Å². The molecular weight excluding hydrogens is 273 g/mol. The smallest absolute Gasteiger partial charge is 0.385 e. The molecular formula is C12H17F3N4O. The molecule has 1 fully saturated rings. The molecule has 0 aliphatic heterocycles. The minimum atomic E-state index is -4.60. The topological polar surface area (TPSA) is 73.1 Å². The van der Waals surface area contributed by atoms with Crippen LogP contribution in [0, 0.1) is 5.41 Å². The average Bonchev–Trinajstić information content (AvgIpc) is 3.13. The first-order chi connectivity index (χ1) is 9.35. The molecule has 112 valence electrons. The van der Waals surface area contributed by atoms with Gasteiger partial charge >= 0.3 is 6.18 Å². The van der Waals surface area contributed by atoms with Crippen molar-refractivity contribution >= 4 is 11.6 Å². The Bertz CT molecular complexity index is 474. The molecule has 1 aliphatic carbocycles. The number of hydrogen-bond donors (Lipinski definition) is 2. The highest BCUT2D eigenvalue weighted by Crippen LogP contribution is 2.48.